The zero-order chi connectivity index (χ0) is 12.4. The minimum absolute atomic E-state index is 0.119. The molecule has 0 saturated carbocycles. The summed E-state index contributed by atoms with van der Waals surface area (Å²) < 4.78 is 0. The number of aliphatic hydroxyl groups is 1. The second-order valence-electron chi connectivity index (χ2n) is 4.11. The number of carbonyl (C=O) groups is 1. The number of nitrogens with two attached hydrogens (primary N) is 1. The standard InChI is InChI=1S/C11H14ClN3O2/c12-9-5-7(6-14-10(9)13)11(17)15-3-1-8(16)2-4-15/h5-6,8,16H,1-4H2,(H2,13,14). The number of nitrogen functional groups attached to an aromatic ring is 1. The van der Waals surface area contributed by atoms with Gasteiger partial charge in [0.15, 0.2) is 0 Å². The van der Waals surface area contributed by atoms with Gasteiger partial charge in [0.25, 0.3) is 5.91 Å². The van der Waals surface area contributed by atoms with Crippen molar-refractivity contribution in [1.29, 1.82) is 0 Å². The first kappa shape index (κ1) is 12.1. The van der Waals surface area contributed by atoms with Crippen molar-refractivity contribution >= 4 is 23.3 Å². The van der Waals surface area contributed by atoms with Crippen LogP contribution in [0.1, 0.15) is 23.2 Å². The molecule has 2 heterocycles. The number of anilines is 1. The van der Waals surface area contributed by atoms with Crippen molar-refractivity contribution in [3.05, 3.63) is 22.8 Å². The third-order valence-electron chi connectivity index (χ3n) is 2.87. The first-order chi connectivity index (χ1) is 8.08. The maximum absolute atomic E-state index is 12.1. The molecular formula is C11H14ClN3O2. The first-order valence-corrected chi connectivity index (χ1v) is 5.84. The van der Waals surface area contributed by atoms with E-state index in [1.54, 1.807) is 4.90 Å². The number of aliphatic hydroxyl groups excluding tert-OH is 1. The molecule has 1 amide bonds. The summed E-state index contributed by atoms with van der Waals surface area (Å²) in [6.45, 7) is 1.12. The van der Waals surface area contributed by atoms with E-state index in [2.05, 4.69) is 4.98 Å². The molecule has 1 aromatic rings. The molecule has 0 atom stereocenters. The van der Waals surface area contributed by atoms with Crippen LogP contribution in [0.25, 0.3) is 0 Å². The Morgan fingerprint density at radius 3 is 2.76 bits per heavy atom. The summed E-state index contributed by atoms with van der Waals surface area (Å²) in [5.74, 6) is 0.101. The summed E-state index contributed by atoms with van der Waals surface area (Å²) in [5, 5.41) is 9.66. The molecule has 17 heavy (non-hydrogen) atoms. The van der Waals surface area contributed by atoms with Crippen molar-refractivity contribution in [3.8, 4) is 0 Å². The van der Waals surface area contributed by atoms with Crippen molar-refractivity contribution in [1.82, 2.24) is 9.88 Å². The van der Waals surface area contributed by atoms with Gasteiger partial charge in [0.1, 0.15) is 5.82 Å². The average molecular weight is 256 g/mol. The largest absolute Gasteiger partial charge is 0.393 e. The molecule has 0 unspecified atom stereocenters. The van der Waals surface area contributed by atoms with Crippen molar-refractivity contribution in [2.24, 2.45) is 0 Å². The third kappa shape index (κ3) is 2.68. The normalized spacial score (nSPS) is 17.2. The highest BCUT2D eigenvalue weighted by Crippen LogP contribution is 2.19. The Labute approximate surface area is 104 Å². The molecular weight excluding hydrogens is 242 g/mol. The SMILES string of the molecule is Nc1ncc(C(=O)N2CCC(O)CC2)cc1Cl. The summed E-state index contributed by atoms with van der Waals surface area (Å²) in [4.78, 5) is 17.6. The third-order valence-corrected chi connectivity index (χ3v) is 3.17. The predicted octanol–water partition coefficient (Wildman–Crippen LogP) is 0.914. The molecule has 6 heteroatoms. The van der Waals surface area contributed by atoms with E-state index in [-0.39, 0.29) is 22.9 Å². The molecule has 3 N–H and O–H groups in total. The fraction of sp³-hybridized carbons (Fsp3) is 0.455. The van der Waals surface area contributed by atoms with E-state index in [0.29, 0.717) is 31.5 Å². The molecule has 0 radical (unpaired) electrons. The maximum atomic E-state index is 12.1. The Hall–Kier alpha value is -1.33. The van der Waals surface area contributed by atoms with Crippen LogP contribution in [-0.4, -0.2) is 40.1 Å². The smallest absolute Gasteiger partial charge is 0.255 e. The van der Waals surface area contributed by atoms with Gasteiger partial charge in [-0.25, -0.2) is 4.98 Å². The van der Waals surface area contributed by atoms with Crippen LogP contribution < -0.4 is 5.73 Å². The van der Waals surface area contributed by atoms with Crippen LogP contribution in [0.4, 0.5) is 5.82 Å². The minimum atomic E-state index is -0.299. The fourth-order valence-electron chi connectivity index (χ4n) is 1.82. The van der Waals surface area contributed by atoms with Gasteiger partial charge in [-0.05, 0) is 18.9 Å². The number of rotatable bonds is 1. The van der Waals surface area contributed by atoms with Crippen LogP contribution in [0.3, 0.4) is 0 Å². The van der Waals surface area contributed by atoms with Gasteiger partial charge < -0.3 is 15.7 Å². The average Bonchev–Trinajstić information content (AvgIpc) is 2.33. The number of halogens is 1. The van der Waals surface area contributed by atoms with E-state index in [0.717, 1.165) is 0 Å². The van der Waals surface area contributed by atoms with E-state index in [9.17, 15) is 9.90 Å². The van der Waals surface area contributed by atoms with Crippen molar-refractivity contribution < 1.29 is 9.90 Å². The zero-order valence-corrected chi connectivity index (χ0v) is 10.0. The van der Waals surface area contributed by atoms with Crippen LogP contribution in [0.5, 0.6) is 0 Å². The van der Waals surface area contributed by atoms with Gasteiger partial charge in [0.05, 0.1) is 16.7 Å². The molecule has 2 rings (SSSR count). The molecule has 0 bridgehead atoms. The lowest BCUT2D eigenvalue weighted by Gasteiger charge is -2.29. The van der Waals surface area contributed by atoms with Gasteiger partial charge in [-0.3, -0.25) is 4.79 Å². The van der Waals surface area contributed by atoms with E-state index >= 15 is 0 Å². The zero-order valence-electron chi connectivity index (χ0n) is 9.27. The molecule has 1 aliphatic rings. The topological polar surface area (TPSA) is 79.5 Å². The van der Waals surface area contributed by atoms with Gasteiger partial charge >= 0.3 is 0 Å². The second kappa shape index (κ2) is 4.89. The molecule has 1 saturated heterocycles. The second-order valence-corrected chi connectivity index (χ2v) is 4.52. The Morgan fingerprint density at radius 1 is 1.53 bits per heavy atom. The number of likely N-dealkylation sites (tertiary alicyclic amines) is 1. The minimum Gasteiger partial charge on any atom is -0.393 e. The van der Waals surface area contributed by atoms with Crippen LogP contribution in [0, 0.1) is 0 Å². The number of amides is 1. The predicted molar refractivity (Wildman–Crippen MR) is 64.8 cm³/mol. The highest BCUT2D eigenvalue weighted by molar-refractivity contribution is 6.33. The highest BCUT2D eigenvalue weighted by atomic mass is 35.5. The Morgan fingerprint density at radius 2 is 2.18 bits per heavy atom. The Kier molecular flexibility index (Phi) is 3.49. The first-order valence-electron chi connectivity index (χ1n) is 5.46. The molecule has 1 aromatic heterocycles. The molecule has 1 fully saturated rings. The van der Waals surface area contributed by atoms with Crippen LogP contribution in [-0.2, 0) is 0 Å². The van der Waals surface area contributed by atoms with Gasteiger partial charge in [0, 0.05) is 19.3 Å². The summed E-state index contributed by atoms with van der Waals surface area (Å²) in [5.41, 5.74) is 5.92. The summed E-state index contributed by atoms with van der Waals surface area (Å²) in [6, 6.07) is 1.53. The molecule has 1 aliphatic heterocycles. The van der Waals surface area contributed by atoms with Gasteiger partial charge in [-0.1, -0.05) is 11.6 Å². The number of hydrogen-bond donors (Lipinski definition) is 2. The summed E-state index contributed by atoms with van der Waals surface area (Å²) in [6.07, 6.45) is 2.35. The van der Waals surface area contributed by atoms with E-state index in [4.69, 9.17) is 17.3 Å². The highest BCUT2D eigenvalue weighted by Gasteiger charge is 2.22. The number of carbonyl (C=O) groups excluding carboxylic acids is 1. The van der Waals surface area contributed by atoms with Crippen molar-refractivity contribution in [2.45, 2.75) is 18.9 Å². The number of aromatic nitrogens is 1. The Bertz CT molecular complexity index is 431. The monoisotopic (exact) mass is 255 g/mol. The summed E-state index contributed by atoms with van der Waals surface area (Å²) >= 11 is 5.82. The van der Waals surface area contributed by atoms with E-state index < -0.39 is 0 Å². The van der Waals surface area contributed by atoms with Gasteiger partial charge in [-0.15, -0.1) is 0 Å². The lowest BCUT2D eigenvalue weighted by molar-refractivity contribution is 0.0546. The van der Waals surface area contributed by atoms with Crippen molar-refractivity contribution in [2.75, 3.05) is 18.8 Å². The molecule has 0 spiro atoms. The van der Waals surface area contributed by atoms with Crippen LogP contribution >= 0.6 is 11.6 Å². The van der Waals surface area contributed by atoms with Crippen LogP contribution in [0.15, 0.2) is 12.3 Å². The van der Waals surface area contributed by atoms with E-state index in [1.165, 1.54) is 12.3 Å². The lowest BCUT2D eigenvalue weighted by atomic mass is 10.1. The van der Waals surface area contributed by atoms with Gasteiger partial charge in [0.2, 0.25) is 0 Å². The lowest BCUT2D eigenvalue weighted by Crippen LogP contribution is -2.40. The molecule has 92 valence electrons. The van der Waals surface area contributed by atoms with Gasteiger partial charge in [-0.2, -0.15) is 0 Å². The van der Waals surface area contributed by atoms with Crippen molar-refractivity contribution in [3.63, 3.8) is 0 Å². The maximum Gasteiger partial charge on any atom is 0.255 e. The molecule has 0 aromatic carbocycles. The Balaban J connectivity index is 2.11. The summed E-state index contributed by atoms with van der Waals surface area (Å²) in [7, 11) is 0. The number of hydrogen-bond acceptors (Lipinski definition) is 4. The number of pyridine rings is 1. The van der Waals surface area contributed by atoms with Crippen LogP contribution in [0.2, 0.25) is 5.02 Å². The fourth-order valence-corrected chi connectivity index (χ4v) is 1.98. The quantitative estimate of drug-likeness (QED) is 0.782. The molecule has 5 nitrogen and oxygen atoms in total. The number of piperidine rings is 1. The number of nitrogens with zero attached hydrogens (tertiary/aromatic N) is 2. The molecule has 0 aliphatic carbocycles. The van der Waals surface area contributed by atoms with E-state index in [1.807, 2.05) is 0 Å².